The van der Waals surface area contributed by atoms with Crippen LogP contribution in [0.15, 0.2) is 22.7 Å². The lowest BCUT2D eigenvalue weighted by atomic mass is 10.1. The summed E-state index contributed by atoms with van der Waals surface area (Å²) in [6.07, 6.45) is -0.644. The van der Waals surface area contributed by atoms with E-state index in [0.29, 0.717) is 12.3 Å². The summed E-state index contributed by atoms with van der Waals surface area (Å²) in [7, 11) is 0. The highest BCUT2D eigenvalue weighted by molar-refractivity contribution is 9.10. The van der Waals surface area contributed by atoms with Crippen LogP contribution in [0.2, 0.25) is 0 Å². The van der Waals surface area contributed by atoms with Crippen LogP contribution in [0.3, 0.4) is 0 Å². The first-order valence-electron chi connectivity index (χ1n) is 6.18. The molecule has 19 heavy (non-hydrogen) atoms. The molecule has 0 radical (unpaired) electrons. The maximum atomic E-state index is 11.1. The Bertz CT molecular complexity index is 455. The van der Waals surface area contributed by atoms with Gasteiger partial charge in [0.25, 0.3) is 5.91 Å². The SMILES string of the molecule is CC(Oc1ccc(Br)cc1CNC(C)(C)C)C(N)=O. The van der Waals surface area contributed by atoms with Crippen LogP contribution < -0.4 is 15.8 Å². The van der Waals surface area contributed by atoms with Gasteiger partial charge in [-0.3, -0.25) is 4.79 Å². The van der Waals surface area contributed by atoms with E-state index >= 15 is 0 Å². The van der Waals surface area contributed by atoms with Crippen molar-refractivity contribution in [2.24, 2.45) is 5.73 Å². The van der Waals surface area contributed by atoms with Crippen molar-refractivity contribution in [1.82, 2.24) is 5.32 Å². The minimum atomic E-state index is -0.644. The van der Waals surface area contributed by atoms with Crippen molar-refractivity contribution in [2.75, 3.05) is 0 Å². The summed E-state index contributed by atoms with van der Waals surface area (Å²) in [4.78, 5) is 11.1. The lowest BCUT2D eigenvalue weighted by Crippen LogP contribution is -2.35. The Hall–Kier alpha value is -1.07. The first kappa shape index (κ1) is 16.0. The lowest BCUT2D eigenvalue weighted by molar-refractivity contribution is -0.124. The van der Waals surface area contributed by atoms with Gasteiger partial charge in [0.1, 0.15) is 5.75 Å². The van der Waals surface area contributed by atoms with Gasteiger partial charge in [0.15, 0.2) is 6.10 Å². The van der Waals surface area contributed by atoms with Gasteiger partial charge in [0.2, 0.25) is 0 Å². The summed E-state index contributed by atoms with van der Waals surface area (Å²) in [6.45, 7) is 8.59. The van der Waals surface area contributed by atoms with Crippen LogP contribution in [-0.2, 0) is 11.3 Å². The van der Waals surface area contributed by atoms with E-state index in [4.69, 9.17) is 10.5 Å². The van der Waals surface area contributed by atoms with Crippen molar-refractivity contribution < 1.29 is 9.53 Å². The zero-order chi connectivity index (χ0) is 14.6. The molecule has 0 spiro atoms. The van der Waals surface area contributed by atoms with Crippen molar-refractivity contribution in [3.8, 4) is 5.75 Å². The number of nitrogens with two attached hydrogens (primary N) is 1. The van der Waals surface area contributed by atoms with Gasteiger partial charge < -0.3 is 15.8 Å². The minimum absolute atomic E-state index is 0.00882. The molecule has 0 aliphatic rings. The molecule has 0 fully saturated rings. The molecule has 0 heterocycles. The maximum Gasteiger partial charge on any atom is 0.258 e. The molecule has 0 aliphatic carbocycles. The molecule has 1 unspecified atom stereocenters. The molecular weight excluding hydrogens is 308 g/mol. The van der Waals surface area contributed by atoms with Gasteiger partial charge in [-0.25, -0.2) is 0 Å². The molecule has 3 N–H and O–H groups in total. The maximum absolute atomic E-state index is 11.1. The highest BCUT2D eigenvalue weighted by Gasteiger charge is 2.15. The van der Waals surface area contributed by atoms with E-state index in [2.05, 4.69) is 42.0 Å². The second-order valence-electron chi connectivity index (χ2n) is 5.52. The van der Waals surface area contributed by atoms with Crippen molar-refractivity contribution >= 4 is 21.8 Å². The Morgan fingerprint density at radius 2 is 2.11 bits per heavy atom. The second kappa shape index (κ2) is 6.39. The lowest BCUT2D eigenvalue weighted by Gasteiger charge is -2.22. The third-order valence-electron chi connectivity index (χ3n) is 2.54. The first-order valence-corrected chi connectivity index (χ1v) is 6.98. The standard InChI is InChI=1S/C14H21BrN2O2/c1-9(13(16)18)19-12-6-5-11(15)7-10(12)8-17-14(2,3)4/h5-7,9,17H,8H2,1-4H3,(H2,16,18). The van der Waals surface area contributed by atoms with Gasteiger partial charge in [0, 0.05) is 22.1 Å². The van der Waals surface area contributed by atoms with E-state index in [1.54, 1.807) is 6.92 Å². The van der Waals surface area contributed by atoms with Gasteiger partial charge in [-0.1, -0.05) is 15.9 Å². The molecule has 0 saturated carbocycles. The van der Waals surface area contributed by atoms with Crippen LogP contribution >= 0.6 is 15.9 Å². The fourth-order valence-corrected chi connectivity index (χ4v) is 1.82. The average molecular weight is 329 g/mol. The van der Waals surface area contributed by atoms with E-state index < -0.39 is 12.0 Å². The number of rotatable bonds is 5. The Labute approximate surface area is 122 Å². The number of ether oxygens (including phenoxy) is 1. The quantitative estimate of drug-likeness (QED) is 0.873. The number of hydrogen-bond donors (Lipinski definition) is 2. The molecule has 0 aliphatic heterocycles. The molecule has 0 bridgehead atoms. The smallest absolute Gasteiger partial charge is 0.258 e. The third-order valence-corrected chi connectivity index (χ3v) is 3.03. The monoisotopic (exact) mass is 328 g/mol. The summed E-state index contributed by atoms with van der Waals surface area (Å²) in [6, 6.07) is 5.69. The van der Waals surface area contributed by atoms with Crippen LogP contribution in [0.5, 0.6) is 5.75 Å². The second-order valence-corrected chi connectivity index (χ2v) is 6.43. The number of benzene rings is 1. The molecule has 106 valence electrons. The molecule has 4 nitrogen and oxygen atoms in total. The highest BCUT2D eigenvalue weighted by atomic mass is 79.9. The molecular formula is C14H21BrN2O2. The summed E-state index contributed by atoms with van der Waals surface area (Å²) in [5.74, 6) is 0.198. The topological polar surface area (TPSA) is 64.3 Å². The van der Waals surface area contributed by atoms with Crippen molar-refractivity contribution in [2.45, 2.75) is 45.9 Å². The van der Waals surface area contributed by atoms with Crippen molar-refractivity contribution in [3.63, 3.8) is 0 Å². The number of nitrogens with one attached hydrogen (secondary N) is 1. The van der Waals surface area contributed by atoms with Crippen LogP contribution in [0.1, 0.15) is 33.3 Å². The summed E-state index contributed by atoms with van der Waals surface area (Å²) in [5.41, 5.74) is 6.21. The normalized spacial score (nSPS) is 13.1. The molecule has 1 atom stereocenters. The van der Waals surface area contributed by atoms with Gasteiger partial charge in [-0.15, -0.1) is 0 Å². The molecule has 1 amide bonds. The Balaban J connectivity index is 2.88. The molecule has 0 saturated heterocycles. The van der Waals surface area contributed by atoms with E-state index in [-0.39, 0.29) is 5.54 Å². The number of hydrogen-bond acceptors (Lipinski definition) is 3. The van der Waals surface area contributed by atoms with Crippen LogP contribution in [-0.4, -0.2) is 17.6 Å². The van der Waals surface area contributed by atoms with E-state index in [1.165, 1.54) is 0 Å². The largest absolute Gasteiger partial charge is 0.481 e. The Morgan fingerprint density at radius 3 is 2.63 bits per heavy atom. The molecule has 1 aromatic carbocycles. The third kappa shape index (κ3) is 5.61. The Kier molecular flexibility index (Phi) is 5.38. The predicted molar refractivity (Wildman–Crippen MR) is 80.0 cm³/mol. The fourth-order valence-electron chi connectivity index (χ4n) is 1.41. The predicted octanol–water partition coefficient (Wildman–Crippen LogP) is 2.59. The summed E-state index contributed by atoms with van der Waals surface area (Å²) >= 11 is 3.44. The van der Waals surface area contributed by atoms with Crippen molar-refractivity contribution in [3.05, 3.63) is 28.2 Å². The van der Waals surface area contributed by atoms with Crippen LogP contribution in [0.4, 0.5) is 0 Å². The average Bonchev–Trinajstić information content (AvgIpc) is 2.28. The molecule has 5 heteroatoms. The molecule has 1 aromatic rings. The highest BCUT2D eigenvalue weighted by Crippen LogP contribution is 2.24. The minimum Gasteiger partial charge on any atom is -0.481 e. The fraction of sp³-hybridized carbons (Fsp3) is 0.500. The van der Waals surface area contributed by atoms with Crippen molar-refractivity contribution in [1.29, 1.82) is 0 Å². The van der Waals surface area contributed by atoms with Gasteiger partial charge in [0.05, 0.1) is 0 Å². The van der Waals surface area contributed by atoms with Crippen LogP contribution in [0.25, 0.3) is 0 Å². The Morgan fingerprint density at radius 1 is 1.47 bits per heavy atom. The van der Waals surface area contributed by atoms with Gasteiger partial charge in [-0.05, 0) is 45.9 Å². The number of carbonyl (C=O) groups excluding carboxylic acids is 1. The summed E-state index contributed by atoms with van der Waals surface area (Å²) in [5, 5.41) is 3.39. The van der Waals surface area contributed by atoms with E-state index in [0.717, 1.165) is 10.0 Å². The number of amides is 1. The summed E-state index contributed by atoms with van der Waals surface area (Å²) < 4.78 is 6.56. The van der Waals surface area contributed by atoms with Crippen LogP contribution in [0, 0.1) is 0 Å². The van der Waals surface area contributed by atoms with Gasteiger partial charge >= 0.3 is 0 Å². The zero-order valence-electron chi connectivity index (χ0n) is 11.8. The van der Waals surface area contributed by atoms with E-state index in [1.807, 2.05) is 18.2 Å². The number of primary amides is 1. The zero-order valence-corrected chi connectivity index (χ0v) is 13.4. The molecule has 1 rings (SSSR count). The molecule has 0 aromatic heterocycles. The first-order chi connectivity index (χ1) is 8.69. The van der Waals surface area contributed by atoms with E-state index in [9.17, 15) is 4.79 Å². The number of carbonyl (C=O) groups is 1. The number of halogens is 1. The van der Waals surface area contributed by atoms with Gasteiger partial charge in [-0.2, -0.15) is 0 Å².